The minimum Gasteiger partial charge on any atom is -0.490 e. The van der Waals surface area contributed by atoms with Crippen LogP contribution in [0.3, 0.4) is 0 Å². The number of ether oxygens (including phenoxy) is 5. The van der Waals surface area contributed by atoms with Gasteiger partial charge in [0.15, 0.2) is 11.8 Å². The van der Waals surface area contributed by atoms with Gasteiger partial charge in [-0.05, 0) is 98.1 Å². The summed E-state index contributed by atoms with van der Waals surface area (Å²) < 4.78 is 31.2. The molecular formula is C41H52N4O7. The van der Waals surface area contributed by atoms with Crippen LogP contribution in [0.5, 0.6) is 5.75 Å². The minimum atomic E-state index is -1.03. The van der Waals surface area contributed by atoms with Crippen molar-refractivity contribution in [3.63, 3.8) is 0 Å². The quantitative estimate of drug-likeness (QED) is 0.100. The summed E-state index contributed by atoms with van der Waals surface area (Å²) in [6.45, 7) is 21.3. The zero-order valence-corrected chi connectivity index (χ0v) is 31.9. The number of hydrogen-bond acceptors (Lipinski definition) is 10. The van der Waals surface area contributed by atoms with Gasteiger partial charge in [0.25, 0.3) is 0 Å². The smallest absolute Gasteiger partial charge is 0.340 e. The van der Waals surface area contributed by atoms with Crippen molar-refractivity contribution in [2.24, 2.45) is 0 Å². The summed E-state index contributed by atoms with van der Waals surface area (Å²) in [5.74, 6) is 0.474. The highest BCUT2D eigenvalue weighted by Gasteiger charge is 2.38. The van der Waals surface area contributed by atoms with E-state index in [4.69, 9.17) is 33.8 Å². The van der Waals surface area contributed by atoms with Gasteiger partial charge in [-0.3, -0.25) is 0 Å². The molecule has 278 valence electrons. The van der Waals surface area contributed by atoms with Crippen LogP contribution in [0, 0.1) is 6.92 Å². The van der Waals surface area contributed by atoms with Gasteiger partial charge in [-0.15, -0.1) is 6.58 Å². The van der Waals surface area contributed by atoms with Crippen LogP contribution in [0.25, 0.3) is 28.0 Å². The second kappa shape index (κ2) is 15.9. The third-order valence-corrected chi connectivity index (χ3v) is 8.94. The molecule has 0 N–H and O–H groups in total. The van der Waals surface area contributed by atoms with Crippen LogP contribution in [0.1, 0.15) is 89.0 Å². The average molecular weight is 713 g/mol. The monoisotopic (exact) mass is 712 g/mol. The topological polar surface area (TPSA) is 114 Å². The van der Waals surface area contributed by atoms with Crippen LogP contribution in [-0.4, -0.2) is 77.3 Å². The standard InChI is InChI=1S/C41H52N4O7/c1-11-22-50-41(9)18-20-44(21-19-41)37-35(36(39(47)49-12-2)52-40(6,7)8)27(5)42-34-25-32(43-45(34)37)29-15-13-14-28(23-29)31-24-30(38(46)48-10)16-17-33(31)51-26(3)4/h11,13-17,23-26,36H,1,12,18-22H2,2-10H3/t36-/m0/s1. The van der Waals surface area contributed by atoms with Gasteiger partial charge in [0.05, 0.1) is 54.5 Å². The Labute approximate surface area is 306 Å². The molecule has 0 amide bonds. The summed E-state index contributed by atoms with van der Waals surface area (Å²) in [5.41, 5.74) is 4.47. The molecule has 0 saturated carbocycles. The number of nitrogens with zero attached hydrogens (tertiary/aromatic N) is 4. The molecule has 2 aromatic carbocycles. The van der Waals surface area contributed by atoms with Crippen molar-refractivity contribution in [3.8, 4) is 28.1 Å². The molecule has 0 radical (unpaired) electrons. The number of carbonyl (C=O) groups is 2. The number of piperidine rings is 1. The Bertz CT molecular complexity index is 1920. The highest BCUT2D eigenvalue weighted by molar-refractivity contribution is 5.92. The lowest BCUT2D eigenvalue weighted by Gasteiger charge is -2.41. The fraction of sp³-hybridized carbons (Fsp3) is 0.463. The van der Waals surface area contributed by atoms with E-state index in [9.17, 15) is 9.59 Å². The molecule has 0 aliphatic carbocycles. The van der Waals surface area contributed by atoms with Crippen molar-refractivity contribution in [1.29, 1.82) is 0 Å². The van der Waals surface area contributed by atoms with Gasteiger partial charge in [0.1, 0.15) is 11.6 Å². The first kappa shape index (κ1) is 38.5. The Morgan fingerprint density at radius 3 is 2.40 bits per heavy atom. The first-order chi connectivity index (χ1) is 24.7. The van der Waals surface area contributed by atoms with E-state index in [0.717, 1.165) is 35.3 Å². The Morgan fingerprint density at radius 2 is 1.77 bits per heavy atom. The number of anilines is 1. The van der Waals surface area contributed by atoms with E-state index in [1.807, 2.05) is 76.4 Å². The van der Waals surface area contributed by atoms with Crippen LogP contribution >= 0.6 is 0 Å². The fourth-order valence-corrected chi connectivity index (χ4v) is 6.46. The third kappa shape index (κ3) is 8.65. The van der Waals surface area contributed by atoms with E-state index in [2.05, 4.69) is 18.4 Å². The molecule has 11 heteroatoms. The predicted molar refractivity (Wildman–Crippen MR) is 202 cm³/mol. The van der Waals surface area contributed by atoms with Crippen molar-refractivity contribution in [2.75, 3.05) is 38.3 Å². The number of esters is 2. The number of rotatable bonds is 13. The number of aromatic nitrogens is 3. The van der Waals surface area contributed by atoms with Gasteiger partial charge in [-0.2, -0.15) is 9.61 Å². The lowest BCUT2D eigenvalue weighted by Crippen LogP contribution is -2.45. The second-order valence-corrected chi connectivity index (χ2v) is 14.6. The van der Waals surface area contributed by atoms with Crippen molar-refractivity contribution >= 4 is 23.4 Å². The van der Waals surface area contributed by atoms with Crippen molar-refractivity contribution < 1.29 is 33.3 Å². The predicted octanol–water partition coefficient (Wildman–Crippen LogP) is 7.93. The number of benzene rings is 2. The van der Waals surface area contributed by atoms with Crippen LogP contribution in [0.2, 0.25) is 0 Å². The molecule has 52 heavy (non-hydrogen) atoms. The summed E-state index contributed by atoms with van der Waals surface area (Å²) in [5, 5.41) is 5.15. The summed E-state index contributed by atoms with van der Waals surface area (Å²) in [7, 11) is 1.36. The minimum absolute atomic E-state index is 0.0758. The molecule has 1 aliphatic heterocycles. The van der Waals surface area contributed by atoms with Gasteiger partial charge >= 0.3 is 11.9 Å². The summed E-state index contributed by atoms with van der Waals surface area (Å²) in [6, 6.07) is 15.2. The maximum Gasteiger partial charge on any atom is 0.340 e. The normalized spacial score (nSPS) is 15.1. The Morgan fingerprint density at radius 1 is 1.06 bits per heavy atom. The maximum atomic E-state index is 13.7. The van der Waals surface area contributed by atoms with Crippen LogP contribution in [-0.2, 0) is 23.7 Å². The van der Waals surface area contributed by atoms with Crippen LogP contribution in [0.15, 0.2) is 61.2 Å². The fourth-order valence-electron chi connectivity index (χ4n) is 6.46. The Hall–Kier alpha value is -4.74. The van der Waals surface area contributed by atoms with E-state index in [0.29, 0.717) is 53.6 Å². The van der Waals surface area contributed by atoms with E-state index >= 15 is 0 Å². The molecule has 0 unspecified atom stereocenters. The maximum absolute atomic E-state index is 13.7. The summed E-state index contributed by atoms with van der Waals surface area (Å²) >= 11 is 0. The van der Waals surface area contributed by atoms with Crippen molar-refractivity contribution in [1.82, 2.24) is 14.6 Å². The molecule has 1 saturated heterocycles. The summed E-state index contributed by atoms with van der Waals surface area (Å²) in [4.78, 5) is 33.4. The van der Waals surface area contributed by atoms with Crippen molar-refractivity contribution in [2.45, 2.75) is 91.6 Å². The molecule has 1 fully saturated rings. The molecule has 0 bridgehead atoms. The lowest BCUT2D eigenvalue weighted by atomic mass is 9.92. The highest BCUT2D eigenvalue weighted by atomic mass is 16.6. The van der Waals surface area contributed by atoms with Gasteiger partial charge in [0.2, 0.25) is 0 Å². The van der Waals surface area contributed by atoms with E-state index in [-0.39, 0.29) is 18.3 Å². The Kier molecular flexibility index (Phi) is 11.8. The Balaban J connectivity index is 1.67. The number of fused-ring (bicyclic) bond motifs is 1. The number of hydrogen-bond donors (Lipinski definition) is 0. The first-order valence-electron chi connectivity index (χ1n) is 17.9. The van der Waals surface area contributed by atoms with E-state index in [1.54, 1.807) is 31.2 Å². The molecule has 11 nitrogen and oxygen atoms in total. The largest absolute Gasteiger partial charge is 0.490 e. The number of aryl methyl sites for hydroxylation is 1. The second-order valence-electron chi connectivity index (χ2n) is 14.6. The van der Waals surface area contributed by atoms with E-state index < -0.39 is 23.6 Å². The lowest BCUT2D eigenvalue weighted by molar-refractivity contribution is -0.166. The van der Waals surface area contributed by atoms with Gasteiger partial charge in [0, 0.05) is 36.0 Å². The first-order valence-corrected chi connectivity index (χ1v) is 17.9. The molecule has 5 rings (SSSR count). The third-order valence-electron chi connectivity index (χ3n) is 8.94. The number of methoxy groups -OCH3 is 1. The number of carbonyl (C=O) groups excluding carboxylic acids is 2. The average Bonchev–Trinajstić information content (AvgIpc) is 3.53. The van der Waals surface area contributed by atoms with Crippen molar-refractivity contribution in [3.05, 3.63) is 78.0 Å². The molecule has 4 aromatic rings. The summed E-state index contributed by atoms with van der Waals surface area (Å²) in [6.07, 6.45) is 2.18. The SMILES string of the molecule is C=CCOC1(C)CCN(c2c([C@H](OC(C)(C)C)C(=O)OCC)c(C)nc3cc(-c4cccc(-c5cc(C(=O)OC)ccc5OC(C)C)c4)nn23)CC1. The van der Waals surface area contributed by atoms with Gasteiger partial charge in [-0.25, -0.2) is 14.6 Å². The van der Waals surface area contributed by atoms with Crippen LogP contribution in [0.4, 0.5) is 5.82 Å². The molecule has 0 spiro atoms. The molecular weight excluding hydrogens is 660 g/mol. The molecule has 1 atom stereocenters. The highest BCUT2D eigenvalue weighted by Crippen LogP contribution is 2.40. The zero-order chi connectivity index (χ0) is 37.8. The molecule has 2 aromatic heterocycles. The van der Waals surface area contributed by atoms with E-state index in [1.165, 1.54) is 7.11 Å². The molecule has 1 aliphatic rings. The van der Waals surface area contributed by atoms with Gasteiger partial charge in [-0.1, -0.05) is 24.3 Å². The molecule has 3 heterocycles. The van der Waals surface area contributed by atoms with Crippen LogP contribution < -0.4 is 9.64 Å². The zero-order valence-electron chi connectivity index (χ0n) is 31.9. The van der Waals surface area contributed by atoms with Gasteiger partial charge < -0.3 is 28.6 Å².